The maximum absolute atomic E-state index is 12.7. The number of fused-ring (bicyclic) bond motifs is 3. The lowest BCUT2D eigenvalue weighted by Crippen LogP contribution is -2.58. The summed E-state index contributed by atoms with van der Waals surface area (Å²) >= 11 is 0. The summed E-state index contributed by atoms with van der Waals surface area (Å²) in [6.45, 7) is 4.15. The number of hydrogen-bond donors (Lipinski definition) is 2. The Labute approximate surface area is 166 Å². The first-order valence-electron chi connectivity index (χ1n) is 10.1. The number of anilines is 2. The molecule has 0 aliphatic heterocycles. The van der Waals surface area contributed by atoms with Gasteiger partial charge in [0.25, 0.3) is 0 Å². The molecule has 0 heterocycles. The fraction of sp³-hybridized carbons (Fsp3) is 0.458. The Balaban J connectivity index is 1.69. The summed E-state index contributed by atoms with van der Waals surface area (Å²) in [5.74, 6) is -0.224. The summed E-state index contributed by atoms with van der Waals surface area (Å²) in [5, 5.41) is 14.2. The van der Waals surface area contributed by atoms with E-state index in [1.165, 1.54) is 18.2 Å². The maximum Gasteiger partial charge on any atom is 0.314 e. The van der Waals surface area contributed by atoms with Gasteiger partial charge in [-0.3, -0.25) is 4.79 Å². The van der Waals surface area contributed by atoms with E-state index in [2.05, 4.69) is 42.6 Å². The minimum atomic E-state index is -0.861. The molecule has 0 radical (unpaired) electrons. The number of hydrogen-bond acceptors (Lipinski definition) is 4. The molecule has 1 fully saturated rings. The fourth-order valence-corrected chi connectivity index (χ4v) is 5.67. The molecule has 0 aromatic heterocycles. The van der Waals surface area contributed by atoms with E-state index in [-0.39, 0.29) is 17.3 Å². The van der Waals surface area contributed by atoms with Gasteiger partial charge in [-0.15, -0.1) is 0 Å². The molecule has 0 spiro atoms. The first kappa shape index (κ1) is 19.0. The van der Waals surface area contributed by atoms with Crippen molar-refractivity contribution in [3.8, 4) is 0 Å². The predicted octanol–water partition coefficient (Wildman–Crippen LogP) is 4.58. The topological polar surface area (TPSA) is 58.6 Å². The smallest absolute Gasteiger partial charge is 0.314 e. The van der Waals surface area contributed by atoms with Gasteiger partial charge in [0.2, 0.25) is 0 Å². The molecule has 0 saturated heterocycles. The number of para-hydroxylation sites is 1. The lowest BCUT2D eigenvalue weighted by Gasteiger charge is -2.55. The molecule has 2 aromatic carbocycles. The van der Waals surface area contributed by atoms with E-state index < -0.39 is 11.5 Å². The quantitative estimate of drug-likeness (QED) is 0.766. The Morgan fingerprint density at radius 3 is 2.57 bits per heavy atom. The molecule has 1 saturated carbocycles. The van der Waals surface area contributed by atoms with Gasteiger partial charge < -0.3 is 15.2 Å². The van der Waals surface area contributed by atoms with Crippen molar-refractivity contribution >= 4 is 17.3 Å². The number of ether oxygens (including phenoxy) is 1. The molecule has 2 aliphatic carbocycles. The Hall–Kier alpha value is -2.33. The van der Waals surface area contributed by atoms with Crippen LogP contribution in [0.15, 0.2) is 48.5 Å². The molecule has 4 atom stereocenters. The van der Waals surface area contributed by atoms with E-state index in [1.807, 2.05) is 25.1 Å². The number of methoxy groups -OCH3 is 1. The first-order chi connectivity index (χ1) is 13.4. The number of carbonyl (C=O) groups excluding carboxylic acids is 1. The highest BCUT2D eigenvalue weighted by molar-refractivity contribution is 5.78. The lowest BCUT2D eigenvalue weighted by atomic mass is 9.49. The van der Waals surface area contributed by atoms with E-state index in [0.29, 0.717) is 6.42 Å². The summed E-state index contributed by atoms with van der Waals surface area (Å²) in [5.41, 5.74) is 3.80. The summed E-state index contributed by atoms with van der Waals surface area (Å²) in [4.78, 5) is 12.7. The van der Waals surface area contributed by atoms with Gasteiger partial charge in [0.15, 0.2) is 0 Å². The molecule has 148 valence electrons. The lowest BCUT2D eigenvalue weighted by molar-refractivity contribution is -0.175. The zero-order chi connectivity index (χ0) is 19.9. The highest BCUT2D eigenvalue weighted by Gasteiger charge is 2.59. The second-order valence-electron chi connectivity index (χ2n) is 8.70. The molecule has 0 amide bonds. The van der Waals surface area contributed by atoms with Crippen molar-refractivity contribution in [1.82, 2.24) is 0 Å². The van der Waals surface area contributed by atoms with Crippen LogP contribution in [0.3, 0.4) is 0 Å². The van der Waals surface area contributed by atoms with E-state index in [0.717, 1.165) is 30.6 Å². The summed E-state index contributed by atoms with van der Waals surface area (Å²) in [7, 11) is 1.42. The van der Waals surface area contributed by atoms with Crippen molar-refractivity contribution in [2.45, 2.75) is 51.0 Å². The molecule has 4 nitrogen and oxygen atoms in total. The van der Waals surface area contributed by atoms with Crippen LogP contribution in [-0.4, -0.2) is 24.3 Å². The van der Waals surface area contributed by atoms with Crippen LogP contribution in [0.4, 0.5) is 11.4 Å². The number of aliphatic hydroxyl groups is 1. The van der Waals surface area contributed by atoms with E-state index >= 15 is 0 Å². The Bertz CT molecular complexity index is 881. The number of esters is 1. The molecule has 2 aliphatic rings. The van der Waals surface area contributed by atoms with Gasteiger partial charge in [-0.2, -0.15) is 0 Å². The van der Waals surface area contributed by atoms with E-state index in [1.54, 1.807) is 0 Å². The third-order valence-electron chi connectivity index (χ3n) is 7.23. The van der Waals surface area contributed by atoms with Crippen LogP contribution >= 0.6 is 0 Å². The van der Waals surface area contributed by atoms with Crippen LogP contribution in [0, 0.1) is 11.3 Å². The van der Waals surface area contributed by atoms with Gasteiger partial charge in [-0.1, -0.05) is 31.2 Å². The second kappa shape index (κ2) is 6.93. The Kier molecular flexibility index (Phi) is 4.70. The molecular formula is C24H29NO3. The van der Waals surface area contributed by atoms with Gasteiger partial charge in [0.1, 0.15) is 0 Å². The number of benzene rings is 2. The number of aliphatic hydroxyl groups excluding tert-OH is 1. The van der Waals surface area contributed by atoms with Crippen LogP contribution < -0.4 is 5.32 Å². The molecule has 4 rings (SSSR count). The van der Waals surface area contributed by atoms with Crippen LogP contribution in [0.5, 0.6) is 0 Å². The Morgan fingerprint density at radius 2 is 1.86 bits per heavy atom. The van der Waals surface area contributed by atoms with Gasteiger partial charge in [0.05, 0.1) is 18.6 Å². The van der Waals surface area contributed by atoms with Gasteiger partial charge >= 0.3 is 5.97 Å². The summed E-state index contributed by atoms with van der Waals surface area (Å²) in [6, 6.07) is 16.7. The van der Waals surface area contributed by atoms with Crippen LogP contribution in [0.1, 0.15) is 44.2 Å². The van der Waals surface area contributed by atoms with Crippen LogP contribution in [0.2, 0.25) is 0 Å². The molecule has 2 aromatic rings. The average molecular weight is 380 g/mol. The zero-order valence-corrected chi connectivity index (χ0v) is 16.9. The molecule has 2 N–H and O–H groups in total. The third kappa shape index (κ3) is 2.82. The highest BCUT2D eigenvalue weighted by Crippen LogP contribution is 2.57. The normalized spacial score (nSPS) is 31.4. The SMILES string of the molecule is COC(=O)[C@@]1(C)[C@@H](O)CC[C@]2(C)c3ccc(Nc4ccccc4)cc3CC[C@@H]12. The van der Waals surface area contributed by atoms with E-state index in [4.69, 9.17) is 4.74 Å². The van der Waals surface area contributed by atoms with Gasteiger partial charge in [0, 0.05) is 11.4 Å². The van der Waals surface area contributed by atoms with Crippen molar-refractivity contribution in [1.29, 1.82) is 0 Å². The number of aryl methyl sites for hydroxylation is 1. The highest BCUT2D eigenvalue weighted by atomic mass is 16.5. The maximum atomic E-state index is 12.7. The average Bonchev–Trinajstić information content (AvgIpc) is 2.71. The number of nitrogens with one attached hydrogen (secondary N) is 1. The van der Waals surface area contributed by atoms with E-state index in [9.17, 15) is 9.90 Å². The monoisotopic (exact) mass is 379 g/mol. The summed E-state index contributed by atoms with van der Waals surface area (Å²) in [6.07, 6.45) is 2.62. The van der Waals surface area contributed by atoms with Crippen molar-refractivity contribution in [3.05, 3.63) is 59.7 Å². The Morgan fingerprint density at radius 1 is 1.11 bits per heavy atom. The van der Waals surface area contributed by atoms with Gasteiger partial charge in [-0.25, -0.2) is 0 Å². The number of rotatable bonds is 3. The van der Waals surface area contributed by atoms with Gasteiger partial charge in [-0.05, 0) is 79.3 Å². The van der Waals surface area contributed by atoms with Crippen LogP contribution in [0.25, 0.3) is 0 Å². The summed E-state index contributed by atoms with van der Waals surface area (Å²) < 4.78 is 5.12. The van der Waals surface area contributed by atoms with Crippen molar-refractivity contribution in [3.63, 3.8) is 0 Å². The third-order valence-corrected chi connectivity index (χ3v) is 7.23. The molecule has 4 heteroatoms. The predicted molar refractivity (Wildman–Crippen MR) is 111 cm³/mol. The minimum absolute atomic E-state index is 0.0663. The zero-order valence-electron chi connectivity index (χ0n) is 16.9. The van der Waals surface area contributed by atoms with Crippen molar-refractivity contribution in [2.24, 2.45) is 11.3 Å². The standard InChI is InChI=1S/C24H29NO3/c1-23-14-13-21(26)24(2,22(27)28-3)20(23)12-9-16-15-18(10-11-19(16)23)25-17-7-5-4-6-8-17/h4-8,10-11,15,20-21,25-26H,9,12-14H2,1-3H3/t20-,21+,23-,24-/m1/s1. The molecule has 0 unspecified atom stereocenters. The van der Waals surface area contributed by atoms with Crippen LogP contribution in [-0.2, 0) is 21.4 Å². The first-order valence-corrected chi connectivity index (χ1v) is 10.1. The minimum Gasteiger partial charge on any atom is -0.469 e. The molecular weight excluding hydrogens is 350 g/mol. The molecule has 28 heavy (non-hydrogen) atoms. The second-order valence-corrected chi connectivity index (χ2v) is 8.70. The molecule has 0 bridgehead atoms. The van der Waals surface area contributed by atoms with Crippen molar-refractivity contribution in [2.75, 3.05) is 12.4 Å². The van der Waals surface area contributed by atoms with Crippen molar-refractivity contribution < 1.29 is 14.6 Å². The fourth-order valence-electron chi connectivity index (χ4n) is 5.67. The number of carbonyl (C=O) groups is 1. The largest absolute Gasteiger partial charge is 0.469 e.